The van der Waals surface area contributed by atoms with Crippen LogP contribution < -0.4 is 10.1 Å². The van der Waals surface area contributed by atoms with E-state index >= 15 is 0 Å². The minimum atomic E-state index is 0.469. The molecular weight excluding hydrogens is 226 g/mol. The fourth-order valence-electron chi connectivity index (χ4n) is 2.72. The summed E-state index contributed by atoms with van der Waals surface area (Å²) in [6, 6.07) is 1.88. The zero-order valence-corrected chi connectivity index (χ0v) is 11.4. The number of nitrogens with zero attached hydrogens (tertiary/aromatic N) is 2. The van der Waals surface area contributed by atoms with E-state index in [1.165, 1.54) is 32.1 Å². The lowest BCUT2D eigenvalue weighted by molar-refractivity contribution is 0.306. The highest BCUT2D eigenvalue weighted by atomic mass is 16.5. The Labute approximate surface area is 109 Å². The van der Waals surface area contributed by atoms with Gasteiger partial charge in [0.15, 0.2) is 0 Å². The van der Waals surface area contributed by atoms with E-state index < -0.39 is 0 Å². The van der Waals surface area contributed by atoms with Gasteiger partial charge in [-0.15, -0.1) is 0 Å². The maximum atomic E-state index is 5.38. The Bertz CT molecular complexity index is 375. The zero-order valence-electron chi connectivity index (χ0n) is 11.4. The molecule has 0 radical (unpaired) electrons. The van der Waals surface area contributed by atoms with Crippen molar-refractivity contribution in [1.82, 2.24) is 9.97 Å². The summed E-state index contributed by atoms with van der Waals surface area (Å²) >= 11 is 0. The molecule has 1 saturated carbocycles. The van der Waals surface area contributed by atoms with Crippen molar-refractivity contribution in [2.24, 2.45) is 5.41 Å². The number of ether oxygens (including phenoxy) is 1. The van der Waals surface area contributed by atoms with E-state index in [0.29, 0.717) is 17.9 Å². The van der Waals surface area contributed by atoms with E-state index in [-0.39, 0.29) is 0 Å². The van der Waals surface area contributed by atoms with Crippen molar-refractivity contribution < 1.29 is 4.74 Å². The van der Waals surface area contributed by atoms with Crippen LogP contribution in [0.2, 0.25) is 0 Å². The van der Waals surface area contributed by atoms with E-state index in [0.717, 1.165) is 12.4 Å². The lowest BCUT2D eigenvalue weighted by Gasteiger charge is -2.27. The molecule has 1 aliphatic rings. The molecule has 0 saturated heterocycles. The fraction of sp³-hybridized carbons (Fsp3) is 0.714. The molecule has 0 aromatic carbocycles. The van der Waals surface area contributed by atoms with E-state index in [1.807, 2.05) is 13.0 Å². The maximum absolute atomic E-state index is 5.38. The van der Waals surface area contributed by atoms with Gasteiger partial charge in [-0.05, 0) is 31.6 Å². The van der Waals surface area contributed by atoms with E-state index in [4.69, 9.17) is 4.74 Å². The van der Waals surface area contributed by atoms with Crippen LogP contribution in [0.4, 0.5) is 5.82 Å². The van der Waals surface area contributed by atoms with Gasteiger partial charge in [0.05, 0.1) is 6.61 Å². The van der Waals surface area contributed by atoms with Gasteiger partial charge in [0.25, 0.3) is 0 Å². The molecule has 4 heteroatoms. The Morgan fingerprint density at radius 2 is 2.06 bits per heavy atom. The molecule has 1 aromatic rings. The third kappa shape index (κ3) is 3.12. The molecule has 1 N–H and O–H groups in total. The van der Waals surface area contributed by atoms with Crippen molar-refractivity contribution in [1.29, 1.82) is 0 Å². The minimum absolute atomic E-state index is 0.469. The van der Waals surface area contributed by atoms with Crippen molar-refractivity contribution >= 4 is 5.82 Å². The fourth-order valence-corrected chi connectivity index (χ4v) is 2.72. The van der Waals surface area contributed by atoms with Gasteiger partial charge >= 0.3 is 0 Å². The largest absolute Gasteiger partial charge is 0.478 e. The van der Waals surface area contributed by atoms with Crippen LogP contribution in [-0.2, 0) is 0 Å². The number of hydrogen-bond acceptors (Lipinski definition) is 4. The van der Waals surface area contributed by atoms with Gasteiger partial charge in [-0.1, -0.05) is 19.8 Å². The van der Waals surface area contributed by atoms with Crippen LogP contribution in [0.1, 0.15) is 46.0 Å². The molecule has 0 bridgehead atoms. The third-order valence-corrected chi connectivity index (χ3v) is 3.99. The Morgan fingerprint density at radius 3 is 2.72 bits per heavy atom. The topological polar surface area (TPSA) is 47.0 Å². The molecule has 18 heavy (non-hydrogen) atoms. The monoisotopic (exact) mass is 249 g/mol. The first-order valence-electron chi connectivity index (χ1n) is 6.97. The van der Waals surface area contributed by atoms with E-state index in [9.17, 15) is 0 Å². The predicted molar refractivity (Wildman–Crippen MR) is 72.9 cm³/mol. The van der Waals surface area contributed by atoms with Crippen LogP contribution in [-0.4, -0.2) is 23.1 Å². The molecule has 0 amide bonds. The lowest BCUT2D eigenvalue weighted by Crippen LogP contribution is -2.26. The quantitative estimate of drug-likeness (QED) is 0.840. The minimum Gasteiger partial charge on any atom is -0.478 e. The first-order chi connectivity index (χ1) is 8.78. The van der Waals surface area contributed by atoms with Gasteiger partial charge in [0, 0.05) is 12.6 Å². The van der Waals surface area contributed by atoms with Crippen LogP contribution in [0.3, 0.4) is 0 Å². The van der Waals surface area contributed by atoms with Crippen LogP contribution in [0.15, 0.2) is 12.4 Å². The van der Waals surface area contributed by atoms with Crippen LogP contribution >= 0.6 is 0 Å². The highest BCUT2D eigenvalue weighted by Gasteiger charge is 2.31. The molecule has 1 fully saturated rings. The summed E-state index contributed by atoms with van der Waals surface area (Å²) in [5, 5.41) is 3.45. The Morgan fingerprint density at radius 1 is 1.28 bits per heavy atom. The number of anilines is 1. The Kier molecular flexibility index (Phi) is 4.39. The van der Waals surface area contributed by atoms with Gasteiger partial charge in [-0.2, -0.15) is 0 Å². The van der Waals surface area contributed by atoms with Crippen LogP contribution in [0, 0.1) is 5.41 Å². The molecule has 0 aliphatic heterocycles. The van der Waals surface area contributed by atoms with Crippen molar-refractivity contribution in [3.8, 4) is 5.88 Å². The molecule has 1 aliphatic carbocycles. The second-order valence-corrected chi connectivity index (χ2v) is 5.09. The summed E-state index contributed by atoms with van der Waals surface area (Å²) in [7, 11) is 0. The van der Waals surface area contributed by atoms with Gasteiger partial charge in [0.1, 0.15) is 12.1 Å². The van der Waals surface area contributed by atoms with E-state index in [2.05, 4.69) is 22.2 Å². The molecular formula is C14H23N3O. The third-order valence-electron chi connectivity index (χ3n) is 3.99. The molecule has 2 rings (SSSR count). The van der Waals surface area contributed by atoms with Gasteiger partial charge in [0.2, 0.25) is 5.88 Å². The second kappa shape index (κ2) is 6.03. The molecule has 1 aromatic heterocycles. The Balaban J connectivity index is 1.94. The summed E-state index contributed by atoms with van der Waals surface area (Å²) < 4.78 is 5.38. The van der Waals surface area contributed by atoms with Gasteiger partial charge in [-0.25, -0.2) is 9.97 Å². The van der Waals surface area contributed by atoms with Gasteiger partial charge in [-0.3, -0.25) is 0 Å². The standard InChI is InChI=1S/C14H23N3O/c1-3-14(7-5-6-8-14)10-15-12-9-13(18-4-2)17-11-16-12/h9,11H,3-8,10H2,1-2H3,(H,15,16,17). The lowest BCUT2D eigenvalue weighted by atomic mass is 9.83. The predicted octanol–water partition coefficient (Wildman–Crippen LogP) is 3.26. The van der Waals surface area contributed by atoms with Gasteiger partial charge < -0.3 is 10.1 Å². The van der Waals surface area contributed by atoms with Crippen molar-refractivity contribution in [3.05, 3.63) is 12.4 Å². The van der Waals surface area contributed by atoms with E-state index in [1.54, 1.807) is 6.33 Å². The van der Waals surface area contributed by atoms with Crippen LogP contribution in [0.5, 0.6) is 5.88 Å². The first-order valence-corrected chi connectivity index (χ1v) is 6.97. The van der Waals surface area contributed by atoms with Crippen molar-refractivity contribution in [2.45, 2.75) is 46.0 Å². The zero-order chi connectivity index (χ0) is 12.8. The molecule has 1 heterocycles. The average Bonchev–Trinajstić information content (AvgIpc) is 2.87. The molecule has 0 unspecified atom stereocenters. The summed E-state index contributed by atoms with van der Waals surface area (Å²) in [6.07, 6.45) is 8.19. The van der Waals surface area contributed by atoms with Crippen molar-refractivity contribution in [2.75, 3.05) is 18.5 Å². The summed E-state index contributed by atoms with van der Waals surface area (Å²) in [4.78, 5) is 8.32. The average molecular weight is 249 g/mol. The number of nitrogens with one attached hydrogen (secondary N) is 1. The molecule has 4 nitrogen and oxygen atoms in total. The first kappa shape index (κ1) is 13.1. The summed E-state index contributed by atoms with van der Waals surface area (Å²) in [6.45, 7) is 5.89. The van der Waals surface area contributed by atoms with Crippen LogP contribution in [0.25, 0.3) is 0 Å². The number of hydrogen-bond donors (Lipinski definition) is 1. The summed E-state index contributed by atoms with van der Waals surface area (Å²) in [5.41, 5.74) is 0.469. The second-order valence-electron chi connectivity index (χ2n) is 5.09. The smallest absolute Gasteiger partial charge is 0.218 e. The SMILES string of the molecule is CCOc1cc(NCC2(CC)CCCC2)ncn1. The number of aromatic nitrogens is 2. The highest BCUT2D eigenvalue weighted by molar-refractivity contribution is 5.37. The Hall–Kier alpha value is -1.32. The highest BCUT2D eigenvalue weighted by Crippen LogP contribution is 2.40. The molecule has 100 valence electrons. The molecule has 0 atom stereocenters. The maximum Gasteiger partial charge on any atom is 0.218 e. The number of rotatable bonds is 6. The summed E-state index contributed by atoms with van der Waals surface area (Å²) in [5.74, 6) is 1.51. The van der Waals surface area contributed by atoms with Crippen molar-refractivity contribution in [3.63, 3.8) is 0 Å². The molecule has 0 spiro atoms. The normalized spacial score (nSPS) is 17.7.